The Bertz CT molecular complexity index is 656. The summed E-state index contributed by atoms with van der Waals surface area (Å²) in [5, 5.41) is 6.43. The first-order valence-corrected chi connectivity index (χ1v) is 7.35. The Morgan fingerprint density at radius 3 is 2.38 bits per heavy atom. The van der Waals surface area contributed by atoms with E-state index in [4.69, 9.17) is 23.2 Å². The summed E-state index contributed by atoms with van der Waals surface area (Å²) in [6.45, 7) is 4.16. The fourth-order valence-electron chi connectivity index (χ4n) is 1.97. The predicted molar refractivity (Wildman–Crippen MR) is 89.6 cm³/mol. The first-order chi connectivity index (χ1) is 9.97. The third kappa shape index (κ3) is 4.13. The molecule has 2 N–H and O–H groups in total. The summed E-state index contributed by atoms with van der Waals surface area (Å²) in [4.78, 5) is 12.1. The van der Waals surface area contributed by atoms with Crippen molar-refractivity contribution in [3.8, 4) is 0 Å². The second kappa shape index (κ2) is 6.83. The Kier molecular flexibility index (Phi) is 5.10. The van der Waals surface area contributed by atoms with Gasteiger partial charge in [0.15, 0.2) is 0 Å². The van der Waals surface area contributed by atoms with Gasteiger partial charge in [0.05, 0.1) is 10.0 Å². The van der Waals surface area contributed by atoms with E-state index in [9.17, 15) is 4.79 Å². The van der Waals surface area contributed by atoms with Crippen LogP contribution < -0.4 is 10.6 Å². The van der Waals surface area contributed by atoms with Crippen molar-refractivity contribution in [2.75, 3.05) is 10.6 Å². The van der Waals surface area contributed by atoms with Gasteiger partial charge in [-0.2, -0.15) is 0 Å². The quantitative estimate of drug-likeness (QED) is 0.740. The molecule has 2 aromatic rings. The van der Waals surface area contributed by atoms with Crippen molar-refractivity contribution in [3.05, 3.63) is 58.1 Å². The van der Waals surface area contributed by atoms with Crippen LogP contribution in [0.4, 0.5) is 16.2 Å². The Hall–Kier alpha value is -1.71. The van der Waals surface area contributed by atoms with E-state index < -0.39 is 0 Å². The van der Waals surface area contributed by atoms with Crippen molar-refractivity contribution in [1.29, 1.82) is 0 Å². The van der Waals surface area contributed by atoms with Crippen LogP contribution in [-0.4, -0.2) is 6.03 Å². The van der Waals surface area contributed by atoms with E-state index in [1.165, 1.54) is 0 Å². The van der Waals surface area contributed by atoms with Gasteiger partial charge in [-0.15, -0.1) is 0 Å². The molecule has 2 amide bonds. The number of benzene rings is 2. The fourth-order valence-corrected chi connectivity index (χ4v) is 2.27. The summed E-state index contributed by atoms with van der Waals surface area (Å²) in [5.41, 5.74) is 2.47. The molecular formula is C16H16Cl2N2O. The number of anilines is 2. The van der Waals surface area contributed by atoms with Crippen molar-refractivity contribution in [2.24, 2.45) is 0 Å². The van der Waals surface area contributed by atoms with Gasteiger partial charge in [-0.3, -0.25) is 0 Å². The molecule has 0 aliphatic carbocycles. The molecule has 0 fully saturated rings. The number of nitrogens with one attached hydrogen (secondary N) is 2. The van der Waals surface area contributed by atoms with Crippen molar-refractivity contribution in [1.82, 2.24) is 0 Å². The molecule has 0 aromatic heterocycles. The molecule has 3 nitrogen and oxygen atoms in total. The molecule has 2 aromatic carbocycles. The number of carbonyl (C=O) groups excluding carboxylic acids is 1. The number of carbonyl (C=O) groups is 1. The Morgan fingerprint density at radius 2 is 1.71 bits per heavy atom. The van der Waals surface area contributed by atoms with Crippen molar-refractivity contribution >= 4 is 40.6 Å². The zero-order valence-corrected chi connectivity index (χ0v) is 13.3. The number of hydrogen-bond acceptors (Lipinski definition) is 1. The molecule has 0 aliphatic heterocycles. The van der Waals surface area contributed by atoms with Gasteiger partial charge in [0.25, 0.3) is 0 Å². The molecule has 0 atom stereocenters. The van der Waals surface area contributed by atoms with E-state index in [0.29, 0.717) is 21.7 Å². The van der Waals surface area contributed by atoms with Crippen molar-refractivity contribution in [2.45, 2.75) is 19.8 Å². The lowest BCUT2D eigenvalue weighted by Gasteiger charge is -2.14. The molecular weight excluding hydrogens is 307 g/mol. The molecule has 0 saturated carbocycles. The van der Waals surface area contributed by atoms with E-state index in [1.807, 2.05) is 24.3 Å². The molecule has 0 unspecified atom stereocenters. The van der Waals surface area contributed by atoms with Crippen LogP contribution in [-0.2, 0) is 0 Å². The van der Waals surface area contributed by atoms with Gasteiger partial charge in [0, 0.05) is 11.4 Å². The summed E-state index contributed by atoms with van der Waals surface area (Å²) < 4.78 is 0. The first kappa shape index (κ1) is 15.7. The highest BCUT2D eigenvalue weighted by Crippen LogP contribution is 2.26. The van der Waals surface area contributed by atoms with Crippen LogP contribution in [0.2, 0.25) is 10.0 Å². The minimum atomic E-state index is -0.318. The highest BCUT2D eigenvalue weighted by molar-refractivity contribution is 6.42. The van der Waals surface area contributed by atoms with Crippen LogP contribution in [0.1, 0.15) is 25.3 Å². The number of rotatable bonds is 3. The lowest BCUT2D eigenvalue weighted by molar-refractivity contribution is 0.262. The smallest absolute Gasteiger partial charge is 0.308 e. The van der Waals surface area contributed by atoms with Gasteiger partial charge in [0.2, 0.25) is 0 Å². The number of amides is 2. The molecule has 2 rings (SSSR count). The summed E-state index contributed by atoms with van der Waals surface area (Å²) in [7, 11) is 0. The molecule has 110 valence electrons. The molecule has 0 heterocycles. The van der Waals surface area contributed by atoms with Gasteiger partial charge in [-0.25, -0.2) is 4.79 Å². The third-order valence-corrected chi connectivity index (χ3v) is 3.75. The highest BCUT2D eigenvalue weighted by atomic mass is 35.5. The molecule has 0 bridgehead atoms. The summed E-state index contributed by atoms with van der Waals surface area (Å²) in [6.07, 6.45) is 0. The summed E-state index contributed by atoms with van der Waals surface area (Å²) in [6, 6.07) is 12.4. The first-order valence-electron chi connectivity index (χ1n) is 6.59. The summed E-state index contributed by atoms with van der Waals surface area (Å²) in [5.74, 6) is 0.325. The van der Waals surface area contributed by atoms with Crippen LogP contribution in [0, 0.1) is 0 Å². The zero-order chi connectivity index (χ0) is 15.4. The molecule has 21 heavy (non-hydrogen) atoms. The van der Waals surface area contributed by atoms with Gasteiger partial charge < -0.3 is 10.6 Å². The Labute approximate surface area is 134 Å². The number of para-hydroxylation sites is 1. The molecule has 0 spiro atoms. The standard InChI is InChI=1S/C16H16Cl2N2O/c1-10(2)12-5-3-4-6-15(12)20-16(21)19-11-7-8-13(17)14(18)9-11/h3-10H,1-2H3,(H2,19,20,21). The van der Waals surface area contributed by atoms with Crippen LogP contribution in [0.25, 0.3) is 0 Å². The zero-order valence-electron chi connectivity index (χ0n) is 11.8. The number of urea groups is 1. The predicted octanol–water partition coefficient (Wildman–Crippen LogP) is 5.76. The molecule has 0 saturated heterocycles. The third-order valence-electron chi connectivity index (χ3n) is 3.01. The minimum absolute atomic E-state index is 0.318. The summed E-state index contributed by atoms with van der Waals surface area (Å²) >= 11 is 11.8. The van der Waals surface area contributed by atoms with E-state index in [1.54, 1.807) is 18.2 Å². The monoisotopic (exact) mass is 322 g/mol. The van der Waals surface area contributed by atoms with Gasteiger partial charge >= 0.3 is 6.03 Å². The second-order valence-electron chi connectivity index (χ2n) is 4.95. The van der Waals surface area contributed by atoms with Gasteiger partial charge in [-0.1, -0.05) is 55.2 Å². The minimum Gasteiger partial charge on any atom is -0.308 e. The molecule has 5 heteroatoms. The highest BCUT2D eigenvalue weighted by Gasteiger charge is 2.09. The van der Waals surface area contributed by atoms with Crippen LogP contribution in [0.5, 0.6) is 0 Å². The average molecular weight is 323 g/mol. The number of hydrogen-bond donors (Lipinski definition) is 2. The maximum Gasteiger partial charge on any atom is 0.323 e. The van der Waals surface area contributed by atoms with E-state index in [0.717, 1.165) is 11.3 Å². The van der Waals surface area contributed by atoms with E-state index in [2.05, 4.69) is 24.5 Å². The lowest BCUT2D eigenvalue weighted by Crippen LogP contribution is -2.20. The average Bonchev–Trinajstić information content (AvgIpc) is 2.43. The molecule has 0 aliphatic rings. The topological polar surface area (TPSA) is 41.1 Å². The van der Waals surface area contributed by atoms with Crippen LogP contribution in [0.15, 0.2) is 42.5 Å². The Morgan fingerprint density at radius 1 is 1.00 bits per heavy atom. The second-order valence-corrected chi connectivity index (χ2v) is 5.76. The SMILES string of the molecule is CC(C)c1ccccc1NC(=O)Nc1ccc(Cl)c(Cl)c1. The maximum atomic E-state index is 12.1. The van der Waals surface area contributed by atoms with Crippen molar-refractivity contribution in [3.63, 3.8) is 0 Å². The normalized spacial score (nSPS) is 10.5. The maximum absolute atomic E-state index is 12.1. The number of halogens is 2. The van der Waals surface area contributed by atoms with Gasteiger partial charge in [-0.05, 0) is 35.7 Å². The Balaban J connectivity index is 2.10. The van der Waals surface area contributed by atoms with Crippen LogP contribution in [0.3, 0.4) is 0 Å². The largest absolute Gasteiger partial charge is 0.323 e. The molecule has 0 radical (unpaired) electrons. The van der Waals surface area contributed by atoms with Crippen LogP contribution >= 0.6 is 23.2 Å². The lowest BCUT2D eigenvalue weighted by atomic mass is 10.0. The van der Waals surface area contributed by atoms with Crippen molar-refractivity contribution < 1.29 is 4.79 Å². The van der Waals surface area contributed by atoms with E-state index in [-0.39, 0.29) is 6.03 Å². The van der Waals surface area contributed by atoms with E-state index >= 15 is 0 Å². The van der Waals surface area contributed by atoms with Gasteiger partial charge in [0.1, 0.15) is 0 Å². The fraction of sp³-hybridized carbons (Fsp3) is 0.188.